The number of hydrogen-bond acceptors (Lipinski definition) is 1. The van der Waals surface area contributed by atoms with Crippen molar-refractivity contribution in [2.75, 3.05) is 0 Å². The lowest BCUT2D eigenvalue weighted by Crippen LogP contribution is -1.99. The second-order valence-electron chi connectivity index (χ2n) is 2.26. The summed E-state index contributed by atoms with van der Waals surface area (Å²) in [5.74, 6) is -4.28. The van der Waals surface area contributed by atoms with Crippen molar-refractivity contribution in [2.24, 2.45) is 0 Å². The lowest BCUT2D eigenvalue weighted by atomic mass is 10.1. The Labute approximate surface area is 66.8 Å². The number of rotatable bonds is 1. The van der Waals surface area contributed by atoms with E-state index in [0.717, 1.165) is 0 Å². The Morgan fingerprint density at radius 2 is 1.83 bits per heavy atom. The molecule has 0 saturated carbocycles. The van der Waals surface area contributed by atoms with Gasteiger partial charge in [-0.2, -0.15) is 0 Å². The zero-order chi connectivity index (χ0) is 9.30. The fraction of sp³-hybridized carbons (Fsp3) is 0.125. The van der Waals surface area contributed by atoms with Crippen LogP contribution in [0.2, 0.25) is 0 Å². The van der Waals surface area contributed by atoms with E-state index in [1.165, 1.54) is 13.2 Å². The number of carbonyl (C=O) groups excluding carboxylic acids is 1. The Hall–Kier alpha value is -1.32. The molecule has 1 nitrogen and oxygen atoms in total. The fourth-order valence-corrected chi connectivity index (χ4v) is 0.792. The first-order valence-corrected chi connectivity index (χ1v) is 3.10. The van der Waals surface area contributed by atoms with Crippen molar-refractivity contribution >= 4 is 6.29 Å². The SMILES string of the molecule is Cc1c([C]=O)cc(F)c(F)c1F. The monoisotopic (exact) mass is 173 g/mol. The van der Waals surface area contributed by atoms with E-state index in [2.05, 4.69) is 0 Å². The van der Waals surface area contributed by atoms with E-state index >= 15 is 0 Å². The molecule has 1 radical (unpaired) electrons. The minimum atomic E-state index is -1.56. The van der Waals surface area contributed by atoms with Crippen LogP contribution in [-0.2, 0) is 4.79 Å². The van der Waals surface area contributed by atoms with Crippen molar-refractivity contribution in [3.05, 3.63) is 34.6 Å². The van der Waals surface area contributed by atoms with Crippen LogP contribution < -0.4 is 0 Å². The molecule has 0 aromatic heterocycles. The van der Waals surface area contributed by atoms with Gasteiger partial charge in [-0.3, -0.25) is 4.79 Å². The first-order chi connectivity index (χ1) is 5.57. The Kier molecular flexibility index (Phi) is 2.17. The van der Waals surface area contributed by atoms with Crippen LogP contribution in [0.15, 0.2) is 6.07 Å². The molecule has 0 aliphatic rings. The second-order valence-corrected chi connectivity index (χ2v) is 2.26. The van der Waals surface area contributed by atoms with Gasteiger partial charge in [-0.05, 0) is 18.6 Å². The van der Waals surface area contributed by atoms with E-state index in [4.69, 9.17) is 0 Å². The zero-order valence-electron chi connectivity index (χ0n) is 6.12. The molecule has 0 saturated heterocycles. The smallest absolute Gasteiger partial charge is 0.234 e. The molecular weight excluding hydrogens is 169 g/mol. The van der Waals surface area contributed by atoms with Gasteiger partial charge in [-0.1, -0.05) is 0 Å². The Morgan fingerprint density at radius 1 is 1.25 bits per heavy atom. The van der Waals surface area contributed by atoms with E-state index in [9.17, 15) is 18.0 Å². The molecule has 12 heavy (non-hydrogen) atoms. The largest absolute Gasteiger partial charge is 0.285 e. The Bertz CT molecular complexity index is 334. The summed E-state index contributed by atoms with van der Waals surface area (Å²) in [7, 11) is 0. The summed E-state index contributed by atoms with van der Waals surface area (Å²) in [6.45, 7) is 1.18. The van der Waals surface area contributed by atoms with E-state index in [0.29, 0.717) is 6.07 Å². The highest BCUT2D eigenvalue weighted by Gasteiger charge is 2.15. The van der Waals surface area contributed by atoms with Gasteiger partial charge in [-0.15, -0.1) is 0 Å². The van der Waals surface area contributed by atoms with Crippen LogP contribution >= 0.6 is 0 Å². The van der Waals surface area contributed by atoms with E-state index in [1.807, 2.05) is 0 Å². The van der Waals surface area contributed by atoms with Crippen LogP contribution in [-0.4, -0.2) is 6.29 Å². The van der Waals surface area contributed by atoms with Gasteiger partial charge in [0.25, 0.3) is 0 Å². The molecule has 0 bridgehead atoms. The molecular formula is C8H4F3O. The van der Waals surface area contributed by atoms with Crippen LogP contribution in [0.1, 0.15) is 11.1 Å². The molecule has 0 amide bonds. The molecule has 1 aromatic rings. The number of hydrogen-bond donors (Lipinski definition) is 0. The van der Waals surface area contributed by atoms with Crippen molar-refractivity contribution in [3.63, 3.8) is 0 Å². The zero-order valence-corrected chi connectivity index (χ0v) is 6.12. The van der Waals surface area contributed by atoms with Gasteiger partial charge in [-0.25, -0.2) is 13.2 Å². The summed E-state index contributed by atoms with van der Waals surface area (Å²) >= 11 is 0. The Morgan fingerprint density at radius 3 is 2.33 bits per heavy atom. The van der Waals surface area contributed by atoms with Crippen molar-refractivity contribution in [3.8, 4) is 0 Å². The first-order valence-electron chi connectivity index (χ1n) is 3.10. The van der Waals surface area contributed by atoms with Gasteiger partial charge in [0.05, 0.1) is 0 Å². The summed E-state index contributed by atoms with van der Waals surface area (Å²) in [6.07, 6.45) is 1.31. The second kappa shape index (κ2) is 2.97. The molecule has 63 valence electrons. The van der Waals surface area contributed by atoms with Gasteiger partial charge in [0, 0.05) is 5.56 Å². The molecule has 1 rings (SSSR count). The van der Waals surface area contributed by atoms with Crippen molar-refractivity contribution in [2.45, 2.75) is 6.92 Å². The third kappa shape index (κ3) is 1.20. The van der Waals surface area contributed by atoms with Crippen LogP contribution in [0.4, 0.5) is 13.2 Å². The third-order valence-electron chi connectivity index (χ3n) is 1.52. The van der Waals surface area contributed by atoms with Crippen LogP contribution in [0, 0.1) is 24.4 Å². The normalized spacial score (nSPS) is 10.0. The van der Waals surface area contributed by atoms with Gasteiger partial charge >= 0.3 is 0 Å². The molecule has 1 aromatic carbocycles. The van der Waals surface area contributed by atoms with E-state index in [-0.39, 0.29) is 11.1 Å². The summed E-state index contributed by atoms with van der Waals surface area (Å²) in [4.78, 5) is 10.1. The van der Waals surface area contributed by atoms with Crippen LogP contribution in [0.25, 0.3) is 0 Å². The average Bonchev–Trinajstić information content (AvgIpc) is 2.08. The quantitative estimate of drug-likeness (QED) is 0.592. The molecule has 0 aliphatic carbocycles. The van der Waals surface area contributed by atoms with Gasteiger partial charge in [0.1, 0.15) is 0 Å². The van der Waals surface area contributed by atoms with Crippen LogP contribution in [0.5, 0.6) is 0 Å². The molecule has 4 heteroatoms. The molecule has 0 spiro atoms. The molecule has 0 heterocycles. The maximum absolute atomic E-state index is 12.6. The summed E-state index contributed by atoms with van der Waals surface area (Å²) in [6, 6.07) is 0.612. The van der Waals surface area contributed by atoms with Gasteiger partial charge in [0.15, 0.2) is 17.5 Å². The first kappa shape index (κ1) is 8.77. The highest BCUT2D eigenvalue weighted by atomic mass is 19.2. The van der Waals surface area contributed by atoms with Gasteiger partial charge in [0.2, 0.25) is 6.29 Å². The molecule has 0 aliphatic heterocycles. The Balaban J connectivity index is 3.49. The highest BCUT2D eigenvalue weighted by Crippen LogP contribution is 2.17. The standard InChI is InChI=1S/C8H4F3O/c1-4-5(3-12)2-6(9)8(11)7(4)10/h2H,1H3. The van der Waals surface area contributed by atoms with Crippen LogP contribution in [0.3, 0.4) is 0 Å². The van der Waals surface area contributed by atoms with Gasteiger partial charge < -0.3 is 0 Å². The average molecular weight is 173 g/mol. The molecule has 0 N–H and O–H groups in total. The predicted octanol–water partition coefficient (Wildman–Crippen LogP) is 1.87. The number of benzene rings is 1. The van der Waals surface area contributed by atoms with E-state index < -0.39 is 17.5 Å². The fourth-order valence-electron chi connectivity index (χ4n) is 0.792. The van der Waals surface area contributed by atoms with Crippen molar-refractivity contribution in [1.29, 1.82) is 0 Å². The minimum absolute atomic E-state index is 0.232. The topological polar surface area (TPSA) is 17.1 Å². The summed E-state index contributed by atoms with van der Waals surface area (Å²) in [5, 5.41) is 0. The van der Waals surface area contributed by atoms with Crippen molar-refractivity contribution < 1.29 is 18.0 Å². The van der Waals surface area contributed by atoms with Crippen molar-refractivity contribution in [1.82, 2.24) is 0 Å². The third-order valence-corrected chi connectivity index (χ3v) is 1.52. The lowest BCUT2D eigenvalue weighted by molar-refractivity contribution is 0.442. The van der Waals surface area contributed by atoms with E-state index in [1.54, 1.807) is 0 Å². The molecule has 0 fully saturated rings. The predicted molar refractivity (Wildman–Crippen MR) is 35.8 cm³/mol. The minimum Gasteiger partial charge on any atom is -0.285 e. The maximum atomic E-state index is 12.6. The highest BCUT2D eigenvalue weighted by molar-refractivity contribution is 5.77. The molecule has 0 unspecified atom stereocenters. The number of halogens is 3. The maximum Gasteiger partial charge on any atom is 0.234 e. The molecule has 0 atom stereocenters. The lowest BCUT2D eigenvalue weighted by Gasteiger charge is -2.00. The summed E-state index contributed by atoms with van der Waals surface area (Å²) in [5.41, 5.74) is -0.532. The summed E-state index contributed by atoms with van der Waals surface area (Å²) < 4.78 is 37.5.